The summed E-state index contributed by atoms with van der Waals surface area (Å²) in [6.07, 6.45) is 1.56. The second-order valence-electron chi connectivity index (χ2n) is 2.93. The zero-order chi connectivity index (χ0) is 11.2. The lowest BCUT2D eigenvalue weighted by Gasteiger charge is -2.44. The van der Waals surface area contributed by atoms with Crippen LogP contribution in [0.25, 0.3) is 0 Å². The maximum absolute atomic E-state index is 11.6. The Hall–Kier alpha value is -0.270. The first-order valence-corrected chi connectivity index (χ1v) is 6.61. The van der Waals surface area contributed by atoms with Gasteiger partial charge in [0.1, 0.15) is 11.1 Å². The molecule has 1 saturated heterocycles. The third-order valence-corrected chi connectivity index (χ3v) is 4.12. The van der Waals surface area contributed by atoms with Crippen LogP contribution in [0.15, 0.2) is 20.7 Å². The Bertz CT molecular complexity index is 414. The van der Waals surface area contributed by atoms with Gasteiger partial charge in [-0.05, 0) is 37.9 Å². The Morgan fingerprint density at radius 1 is 1.60 bits per heavy atom. The number of carboxylic acids is 1. The fraction of sp³-hybridized carbons (Fsp3) is 0.250. The van der Waals surface area contributed by atoms with E-state index < -0.39 is 5.97 Å². The lowest BCUT2D eigenvalue weighted by atomic mass is 10.1. The first-order valence-electron chi connectivity index (χ1n) is 3.98. The quantitative estimate of drug-likeness (QED) is 0.577. The van der Waals surface area contributed by atoms with Gasteiger partial charge in [0.2, 0.25) is 0 Å². The normalized spacial score (nSPS) is 24.3. The number of thioether (sulfide) groups is 1. The summed E-state index contributed by atoms with van der Waals surface area (Å²) in [4.78, 5) is 23.8. The van der Waals surface area contributed by atoms with Gasteiger partial charge in [-0.1, -0.05) is 0 Å². The van der Waals surface area contributed by atoms with E-state index in [0.29, 0.717) is 14.7 Å². The monoisotopic (exact) mass is 353 g/mol. The lowest BCUT2D eigenvalue weighted by molar-refractivity contribution is -0.141. The molecule has 4 nitrogen and oxygen atoms in total. The molecule has 0 aromatic rings. The van der Waals surface area contributed by atoms with Gasteiger partial charge in [-0.25, -0.2) is 4.79 Å². The Labute approximate surface area is 107 Å². The molecule has 0 aliphatic carbocycles. The highest BCUT2D eigenvalue weighted by atomic mass is 79.9. The SMILES string of the molecule is O=C(O)C1=CCS[C@@H]2C(=C(Br)Br)C(=O)N12. The summed E-state index contributed by atoms with van der Waals surface area (Å²) in [5, 5.41) is 8.71. The summed E-state index contributed by atoms with van der Waals surface area (Å²) in [6, 6.07) is 0. The van der Waals surface area contributed by atoms with E-state index in [0.717, 1.165) is 0 Å². The molecule has 1 fully saturated rings. The molecule has 0 radical (unpaired) electrons. The lowest BCUT2D eigenvalue weighted by Crippen LogP contribution is -2.55. The van der Waals surface area contributed by atoms with Crippen molar-refractivity contribution in [1.82, 2.24) is 4.90 Å². The minimum Gasteiger partial charge on any atom is -0.477 e. The maximum Gasteiger partial charge on any atom is 0.352 e. The number of aliphatic carboxylic acids is 1. The number of halogens is 2. The second kappa shape index (κ2) is 3.95. The van der Waals surface area contributed by atoms with E-state index in [-0.39, 0.29) is 17.0 Å². The van der Waals surface area contributed by atoms with Crippen molar-refractivity contribution in [3.63, 3.8) is 0 Å². The minimum atomic E-state index is -1.06. The van der Waals surface area contributed by atoms with Gasteiger partial charge in [0.15, 0.2) is 0 Å². The van der Waals surface area contributed by atoms with E-state index in [1.807, 2.05) is 0 Å². The van der Waals surface area contributed by atoms with Gasteiger partial charge in [-0.3, -0.25) is 9.69 Å². The van der Waals surface area contributed by atoms with E-state index in [1.54, 1.807) is 6.08 Å². The number of carbonyl (C=O) groups is 2. The number of hydrogen-bond donors (Lipinski definition) is 1. The van der Waals surface area contributed by atoms with Crippen molar-refractivity contribution in [1.29, 1.82) is 0 Å². The fourth-order valence-corrected chi connectivity index (χ4v) is 3.74. The van der Waals surface area contributed by atoms with E-state index in [9.17, 15) is 9.59 Å². The van der Waals surface area contributed by atoms with Crippen LogP contribution >= 0.6 is 43.6 Å². The highest BCUT2D eigenvalue weighted by Gasteiger charge is 2.48. The van der Waals surface area contributed by atoms with Crippen molar-refractivity contribution >= 4 is 55.5 Å². The molecule has 0 unspecified atom stereocenters. The van der Waals surface area contributed by atoms with Crippen molar-refractivity contribution in [3.05, 3.63) is 20.7 Å². The number of fused-ring (bicyclic) bond motifs is 1. The summed E-state index contributed by atoms with van der Waals surface area (Å²) >= 11 is 7.88. The molecule has 7 heteroatoms. The largest absolute Gasteiger partial charge is 0.477 e. The third-order valence-electron chi connectivity index (χ3n) is 2.14. The predicted octanol–water partition coefficient (Wildman–Crippen LogP) is 1.87. The van der Waals surface area contributed by atoms with E-state index in [1.165, 1.54) is 16.7 Å². The van der Waals surface area contributed by atoms with Crippen molar-refractivity contribution < 1.29 is 14.7 Å². The van der Waals surface area contributed by atoms with Crippen LogP contribution in [0.3, 0.4) is 0 Å². The molecule has 0 aromatic carbocycles. The number of amides is 1. The van der Waals surface area contributed by atoms with Crippen molar-refractivity contribution in [2.45, 2.75) is 5.37 Å². The van der Waals surface area contributed by atoms with Gasteiger partial charge in [0, 0.05) is 5.75 Å². The summed E-state index contributed by atoms with van der Waals surface area (Å²) in [5.41, 5.74) is 0.667. The van der Waals surface area contributed by atoms with Gasteiger partial charge in [-0.15, -0.1) is 11.8 Å². The zero-order valence-electron chi connectivity index (χ0n) is 7.24. The molecule has 1 atom stereocenters. The van der Waals surface area contributed by atoms with Crippen LogP contribution in [0.1, 0.15) is 0 Å². The average molecular weight is 355 g/mol. The molecular weight excluding hydrogens is 350 g/mol. The minimum absolute atomic E-state index is 0.0775. The molecule has 15 heavy (non-hydrogen) atoms. The smallest absolute Gasteiger partial charge is 0.352 e. The molecule has 0 bridgehead atoms. The number of carboxylic acid groups (broad SMARTS) is 1. The van der Waals surface area contributed by atoms with Crippen LogP contribution in [-0.2, 0) is 9.59 Å². The number of β-lactam (4-membered cyclic amide) rings is 1. The van der Waals surface area contributed by atoms with Crippen LogP contribution in [0.2, 0.25) is 0 Å². The van der Waals surface area contributed by atoms with Crippen molar-refractivity contribution in [2.24, 2.45) is 0 Å². The zero-order valence-corrected chi connectivity index (χ0v) is 11.2. The summed E-state index contributed by atoms with van der Waals surface area (Å²) < 4.78 is 0.598. The van der Waals surface area contributed by atoms with Crippen LogP contribution in [-0.4, -0.2) is 33.0 Å². The van der Waals surface area contributed by atoms with Crippen molar-refractivity contribution in [2.75, 3.05) is 5.75 Å². The molecule has 1 N–H and O–H groups in total. The second-order valence-corrected chi connectivity index (χ2v) is 6.69. The van der Waals surface area contributed by atoms with Gasteiger partial charge in [0.25, 0.3) is 5.91 Å². The number of carbonyl (C=O) groups excluding carboxylic acids is 1. The summed E-state index contributed by atoms with van der Waals surface area (Å²) in [5.74, 6) is -0.713. The molecule has 0 aromatic heterocycles. The number of hydrogen-bond acceptors (Lipinski definition) is 3. The van der Waals surface area contributed by atoms with Crippen LogP contribution in [0.5, 0.6) is 0 Å². The van der Waals surface area contributed by atoms with E-state index in [2.05, 4.69) is 31.9 Å². The molecular formula is C8H5Br2NO3S. The molecule has 80 valence electrons. The van der Waals surface area contributed by atoms with Crippen LogP contribution in [0.4, 0.5) is 0 Å². The summed E-state index contributed by atoms with van der Waals surface area (Å²) in [6.45, 7) is 0. The molecule has 2 aliphatic heterocycles. The van der Waals surface area contributed by atoms with Crippen LogP contribution < -0.4 is 0 Å². The number of rotatable bonds is 1. The highest BCUT2D eigenvalue weighted by molar-refractivity contribution is 9.28. The molecule has 1 amide bonds. The molecule has 0 spiro atoms. The van der Waals surface area contributed by atoms with Crippen molar-refractivity contribution in [3.8, 4) is 0 Å². The third kappa shape index (κ3) is 1.66. The highest BCUT2D eigenvalue weighted by Crippen LogP contribution is 2.44. The topological polar surface area (TPSA) is 57.6 Å². The van der Waals surface area contributed by atoms with Gasteiger partial charge in [0.05, 0.1) is 8.96 Å². The maximum atomic E-state index is 11.6. The van der Waals surface area contributed by atoms with Crippen LogP contribution in [0, 0.1) is 0 Å². The summed E-state index contributed by atoms with van der Waals surface area (Å²) in [7, 11) is 0. The van der Waals surface area contributed by atoms with Gasteiger partial charge < -0.3 is 5.11 Å². The first kappa shape index (κ1) is 11.2. The Morgan fingerprint density at radius 3 is 2.80 bits per heavy atom. The van der Waals surface area contributed by atoms with E-state index >= 15 is 0 Å². The standard InChI is InChI=1S/C8H5Br2NO3S/c9-5(10)4-6(12)11-3(8(13)14)1-2-15-7(4)11/h1,7H,2H2,(H,13,14)/t7-/m1/s1. The number of nitrogens with zero attached hydrogens (tertiary/aromatic N) is 1. The molecule has 2 rings (SSSR count). The first-order chi connectivity index (χ1) is 7.04. The van der Waals surface area contributed by atoms with E-state index in [4.69, 9.17) is 5.11 Å². The molecule has 2 heterocycles. The molecule has 0 saturated carbocycles. The Balaban J connectivity index is 2.35. The molecule has 2 aliphatic rings. The van der Waals surface area contributed by atoms with Gasteiger partial charge in [-0.2, -0.15) is 0 Å². The fourth-order valence-electron chi connectivity index (χ4n) is 1.48. The Kier molecular flexibility index (Phi) is 2.96. The Morgan fingerprint density at radius 2 is 2.27 bits per heavy atom. The average Bonchev–Trinajstić information content (AvgIpc) is 2.15. The predicted molar refractivity (Wildman–Crippen MR) is 63.7 cm³/mol. The van der Waals surface area contributed by atoms with Gasteiger partial charge >= 0.3 is 5.97 Å².